The van der Waals surface area contributed by atoms with Crippen molar-refractivity contribution in [3.05, 3.63) is 60.3 Å². The van der Waals surface area contributed by atoms with Crippen LogP contribution in [-0.4, -0.2) is 36.6 Å². The first-order valence-corrected chi connectivity index (χ1v) is 9.38. The molecule has 28 heavy (non-hydrogen) atoms. The number of aryl methyl sites for hydroxylation is 2. The van der Waals surface area contributed by atoms with Gasteiger partial charge in [0.1, 0.15) is 5.82 Å². The molecule has 1 amide bonds. The van der Waals surface area contributed by atoms with E-state index in [1.54, 1.807) is 12.4 Å². The summed E-state index contributed by atoms with van der Waals surface area (Å²) in [5.41, 5.74) is 5.51. The fourth-order valence-electron chi connectivity index (χ4n) is 3.87. The highest BCUT2D eigenvalue weighted by Gasteiger charge is 2.22. The Morgan fingerprint density at radius 2 is 1.96 bits per heavy atom. The van der Waals surface area contributed by atoms with Gasteiger partial charge in [-0.05, 0) is 44.5 Å². The molecule has 7 heteroatoms. The van der Waals surface area contributed by atoms with Crippen LogP contribution in [0.4, 0.5) is 5.69 Å². The average Bonchev–Trinajstić information content (AvgIpc) is 3.40. The van der Waals surface area contributed by atoms with E-state index in [0.717, 1.165) is 52.8 Å². The van der Waals surface area contributed by atoms with Gasteiger partial charge in [0, 0.05) is 48.1 Å². The van der Waals surface area contributed by atoms with Gasteiger partial charge in [-0.15, -0.1) is 0 Å². The maximum Gasteiger partial charge on any atom is 0.227 e. The number of benzene rings is 1. The molecule has 140 valence electrons. The highest BCUT2D eigenvalue weighted by atomic mass is 16.2. The predicted octanol–water partition coefficient (Wildman–Crippen LogP) is 3.33. The van der Waals surface area contributed by atoms with E-state index in [0.29, 0.717) is 6.42 Å². The molecule has 0 atom stereocenters. The largest absolute Gasteiger partial charge is 0.312 e. The number of hydrogen-bond donors (Lipinski definition) is 0. The zero-order valence-corrected chi connectivity index (χ0v) is 15.8. The van der Waals surface area contributed by atoms with Gasteiger partial charge in [-0.1, -0.05) is 6.07 Å². The molecule has 5 rings (SSSR count). The average molecular weight is 372 g/mol. The molecule has 1 fully saturated rings. The Hall–Kier alpha value is -3.48. The van der Waals surface area contributed by atoms with Crippen molar-refractivity contribution in [1.29, 1.82) is 0 Å². The van der Waals surface area contributed by atoms with E-state index in [-0.39, 0.29) is 5.91 Å². The molecule has 1 aromatic carbocycles. The van der Waals surface area contributed by atoms with E-state index < -0.39 is 0 Å². The molecule has 3 aromatic heterocycles. The quantitative estimate of drug-likeness (QED) is 0.553. The van der Waals surface area contributed by atoms with E-state index in [2.05, 4.69) is 15.1 Å². The predicted molar refractivity (Wildman–Crippen MR) is 107 cm³/mol. The Balaban J connectivity index is 1.62. The Kier molecular flexibility index (Phi) is 3.75. The van der Waals surface area contributed by atoms with Gasteiger partial charge < -0.3 is 4.90 Å². The molecule has 4 heterocycles. The van der Waals surface area contributed by atoms with Crippen molar-refractivity contribution in [1.82, 2.24) is 24.1 Å². The normalized spacial score (nSPS) is 14.4. The number of rotatable bonds is 3. The first-order chi connectivity index (χ1) is 13.6. The molecule has 0 unspecified atom stereocenters. The maximum absolute atomic E-state index is 12.1. The smallest absolute Gasteiger partial charge is 0.227 e. The summed E-state index contributed by atoms with van der Waals surface area (Å²) in [7, 11) is 0. The molecular formula is C21H20N6O. The first-order valence-electron chi connectivity index (χ1n) is 9.38. The summed E-state index contributed by atoms with van der Waals surface area (Å²) in [4.78, 5) is 23.2. The van der Waals surface area contributed by atoms with E-state index in [1.165, 1.54) is 0 Å². The molecule has 0 radical (unpaired) electrons. The number of anilines is 1. The fourth-order valence-corrected chi connectivity index (χ4v) is 3.87. The van der Waals surface area contributed by atoms with Crippen molar-refractivity contribution >= 4 is 17.2 Å². The number of aromatic nitrogens is 5. The van der Waals surface area contributed by atoms with Crippen LogP contribution < -0.4 is 4.90 Å². The van der Waals surface area contributed by atoms with E-state index in [1.807, 2.05) is 64.4 Å². The number of carbonyl (C=O) groups excluding carboxylic acids is 1. The third kappa shape index (κ3) is 2.58. The second-order valence-corrected chi connectivity index (χ2v) is 7.12. The van der Waals surface area contributed by atoms with Crippen LogP contribution in [0.3, 0.4) is 0 Å². The highest BCUT2D eigenvalue weighted by molar-refractivity contribution is 5.95. The zero-order valence-electron chi connectivity index (χ0n) is 15.8. The van der Waals surface area contributed by atoms with Gasteiger partial charge in [-0.2, -0.15) is 5.10 Å². The van der Waals surface area contributed by atoms with Crippen molar-refractivity contribution in [3.63, 3.8) is 0 Å². The van der Waals surface area contributed by atoms with Crippen molar-refractivity contribution < 1.29 is 4.79 Å². The summed E-state index contributed by atoms with van der Waals surface area (Å²) < 4.78 is 3.85. The van der Waals surface area contributed by atoms with Gasteiger partial charge in [0.15, 0.2) is 5.65 Å². The third-order valence-corrected chi connectivity index (χ3v) is 5.15. The minimum absolute atomic E-state index is 0.181. The summed E-state index contributed by atoms with van der Waals surface area (Å²) in [5, 5.41) is 4.49. The molecule has 1 aliphatic heterocycles. The second kappa shape index (κ2) is 6.30. The SMILES string of the molecule is Cc1cc(C)n2ncc(-c3nccn3-c3cccc(N4CCCC4=O)c3)c2n1. The van der Waals surface area contributed by atoms with Gasteiger partial charge in [-0.25, -0.2) is 14.5 Å². The van der Waals surface area contributed by atoms with Crippen LogP contribution in [0.25, 0.3) is 22.7 Å². The van der Waals surface area contributed by atoms with Gasteiger partial charge in [0.2, 0.25) is 5.91 Å². The summed E-state index contributed by atoms with van der Waals surface area (Å²) in [5.74, 6) is 0.957. The van der Waals surface area contributed by atoms with Gasteiger partial charge in [0.25, 0.3) is 0 Å². The van der Waals surface area contributed by atoms with Crippen LogP contribution in [0.1, 0.15) is 24.2 Å². The van der Waals surface area contributed by atoms with Crippen LogP contribution in [-0.2, 0) is 4.79 Å². The topological polar surface area (TPSA) is 68.3 Å². The molecule has 0 N–H and O–H groups in total. The lowest BCUT2D eigenvalue weighted by molar-refractivity contribution is -0.117. The summed E-state index contributed by atoms with van der Waals surface area (Å²) in [6, 6.07) is 10.0. The fraction of sp³-hybridized carbons (Fsp3) is 0.238. The molecule has 7 nitrogen and oxygen atoms in total. The lowest BCUT2D eigenvalue weighted by Crippen LogP contribution is -2.23. The highest BCUT2D eigenvalue weighted by Crippen LogP contribution is 2.28. The molecule has 1 saturated heterocycles. The van der Waals surface area contributed by atoms with Crippen LogP contribution in [0, 0.1) is 13.8 Å². The maximum atomic E-state index is 12.1. The number of imidazole rings is 1. The first kappa shape index (κ1) is 16.7. The number of nitrogens with zero attached hydrogens (tertiary/aromatic N) is 6. The minimum Gasteiger partial charge on any atom is -0.312 e. The van der Waals surface area contributed by atoms with Crippen LogP contribution in [0.2, 0.25) is 0 Å². The Bertz CT molecular complexity index is 1200. The molecular weight excluding hydrogens is 352 g/mol. The Morgan fingerprint density at radius 1 is 1.11 bits per heavy atom. The molecule has 0 spiro atoms. The van der Waals surface area contributed by atoms with Gasteiger partial charge in [-0.3, -0.25) is 9.36 Å². The molecule has 0 bridgehead atoms. The lowest BCUT2D eigenvalue weighted by Gasteiger charge is -2.17. The Morgan fingerprint density at radius 3 is 2.79 bits per heavy atom. The van der Waals surface area contributed by atoms with Crippen molar-refractivity contribution in [2.75, 3.05) is 11.4 Å². The molecule has 1 aliphatic rings. The Labute approximate surface area is 162 Å². The number of amides is 1. The van der Waals surface area contributed by atoms with Crippen LogP contribution >= 0.6 is 0 Å². The van der Waals surface area contributed by atoms with Gasteiger partial charge in [0.05, 0.1) is 11.8 Å². The summed E-state index contributed by atoms with van der Waals surface area (Å²) in [6.45, 7) is 4.77. The summed E-state index contributed by atoms with van der Waals surface area (Å²) in [6.07, 6.45) is 7.03. The van der Waals surface area contributed by atoms with Crippen LogP contribution in [0.5, 0.6) is 0 Å². The molecule has 0 aliphatic carbocycles. The molecule has 4 aromatic rings. The second-order valence-electron chi connectivity index (χ2n) is 7.12. The van der Waals surface area contributed by atoms with Crippen molar-refractivity contribution in [2.24, 2.45) is 0 Å². The zero-order chi connectivity index (χ0) is 19.3. The third-order valence-electron chi connectivity index (χ3n) is 5.15. The minimum atomic E-state index is 0.181. The lowest BCUT2D eigenvalue weighted by atomic mass is 10.2. The van der Waals surface area contributed by atoms with E-state index >= 15 is 0 Å². The van der Waals surface area contributed by atoms with E-state index in [4.69, 9.17) is 0 Å². The number of carbonyl (C=O) groups is 1. The van der Waals surface area contributed by atoms with Crippen molar-refractivity contribution in [3.8, 4) is 17.1 Å². The van der Waals surface area contributed by atoms with Crippen molar-refractivity contribution in [2.45, 2.75) is 26.7 Å². The van der Waals surface area contributed by atoms with E-state index in [9.17, 15) is 4.79 Å². The summed E-state index contributed by atoms with van der Waals surface area (Å²) >= 11 is 0. The number of hydrogen-bond acceptors (Lipinski definition) is 4. The van der Waals surface area contributed by atoms with Crippen LogP contribution in [0.15, 0.2) is 48.9 Å². The van der Waals surface area contributed by atoms with Gasteiger partial charge >= 0.3 is 0 Å². The molecule has 0 saturated carbocycles. The monoisotopic (exact) mass is 372 g/mol. The number of fused-ring (bicyclic) bond motifs is 1. The standard InChI is InChI=1S/C21H20N6O/c1-14-11-15(2)27-21(24-14)18(13-23-27)20-22-8-10-26(20)17-6-3-5-16(12-17)25-9-4-7-19(25)28/h3,5-6,8,10-13H,4,7,9H2,1-2H3.